The standard InChI is InChI=1S/C12H17N3OS/c1-8(2)6-16-7-10-14-11(13-3)9-4-5-17-12(9)15-10/h4-5,8H,6-7H2,1-3H3,(H,13,14,15). The molecule has 5 heteroatoms. The van der Waals surface area contributed by atoms with E-state index in [-0.39, 0.29) is 0 Å². The Labute approximate surface area is 105 Å². The smallest absolute Gasteiger partial charge is 0.158 e. The lowest BCUT2D eigenvalue weighted by atomic mass is 10.2. The molecule has 0 aromatic carbocycles. The van der Waals surface area contributed by atoms with Crippen LogP contribution in [0.25, 0.3) is 10.2 Å². The van der Waals surface area contributed by atoms with Crippen molar-refractivity contribution in [1.82, 2.24) is 9.97 Å². The fourth-order valence-electron chi connectivity index (χ4n) is 1.54. The fraction of sp³-hybridized carbons (Fsp3) is 0.500. The van der Waals surface area contributed by atoms with Gasteiger partial charge in [-0.1, -0.05) is 13.8 Å². The highest BCUT2D eigenvalue weighted by Gasteiger charge is 2.07. The molecule has 0 atom stereocenters. The molecular formula is C12H17N3OS. The molecule has 0 amide bonds. The van der Waals surface area contributed by atoms with Gasteiger partial charge in [0.25, 0.3) is 0 Å². The van der Waals surface area contributed by atoms with Crippen molar-refractivity contribution >= 4 is 27.4 Å². The third-order valence-corrected chi connectivity index (χ3v) is 3.10. The maximum absolute atomic E-state index is 5.56. The Hall–Kier alpha value is -1.20. The molecule has 0 saturated carbocycles. The van der Waals surface area contributed by atoms with Crippen molar-refractivity contribution in [2.24, 2.45) is 5.92 Å². The van der Waals surface area contributed by atoms with E-state index in [1.54, 1.807) is 11.3 Å². The summed E-state index contributed by atoms with van der Waals surface area (Å²) in [4.78, 5) is 9.94. The average molecular weight is 251 g/mol. The fourth-order valence-corrected chi connectivity index (χ4v) is 2.32. The Morgan fingerprint density at radius 2 is 2.24 bits per heavy atom. The molecule has 1 N–H and O–H groups in total. The number of fused-ring (bicyclic) bond motifs is 1. The maximum Gasteiger partial charge on any atom is 0.158 e. The Bertz CT molecular complexity index is 495. The van der Waals surface area contributed by atoms with Crippen molar-refractivity contribution in [1.29, 1.82) is 0 Å². The molecule has 2 heterocycles. The molecule has 0 spiro atoms. The van der Waals surface area contributed by atoms with Crippen molar-refractivity contribution < 1.29 is 4.74 Å². The maximum atomic E-state index is 5.56. The van der Waals surface area contributed by atoms with Crippen LogP contribution in [-0.2, 0) is 11.3 Å². The van der Waals surface area contributed by atoms with E-state index in [0.717, 1.165) is 28.5 Å². The Morgan fingerprint density at radius 3 is 2.94 bits per heavy atom. The highest BCUT2D eigenvalue weighted by molar-refractivity contribution is 7.16. The Balaban J connectivity index is 2.17. The third-order valence-electron chi connectivity index (χ3n) is 2.29. The number of nitrogens with zero attached hydrogens (tertiary/aromatic N) is 2. The van der Waals surface area contributed by atoms with Gasteiger partial charge in [0.05, 0.1) is 5.39 Å². The van der Waals surface area contributed by atoms with Crippen LogP contribution in [0, 0.1) is 5.92 Å². The molecule has 0 aliphatic rings. The lowest BCUT2D eigenvalue weighted by Crippen LogP contribution is -2.06. The van der Waals surface area contributed by atoms with Crippen LogP contribution in [0.4, 0.5) is 5.82 Å². The number of ether oxygens (including phenoxy) is 1. The second-order valence-corrected chi connectivity index (χ2v) is 5.18. The number of nitrogens with one attached hydrogen (secondary N) is 1. The molecule has 0 aliphatic heterocycles. The van der Waals surface area contributed by atoms with E-state index in [9.17, 15) is 0 Å². The van der Waals surface area contributed by atoms with Crippen molar-refractivity contribution in [3.8, 4) is 0 Å². The molecule has 0 saturated heterocycles. The van der Waals surface area contributed by atoms with E-state index >= 15 is 0 Å². The van der Waals surface area contributed by atoms with Crippen LogP contribution in [0.3, 0.4) is 0 Å². The summed E-state index contributed by atoms with van der Waals surface area (Å²) in [6.45, 7) is 5.46. The minimum absolute atomic E-state index is 0.473. The summed E-state index contributed by atoms with van der Waals surface area (Å²) in [5, 5.41) is 6.20. The molecule has 0 aliphatic carbocycles. The lowest BCUT2D eigenvalue weighted by Gasteiger charge is -2.07. The second kappa shape index (κ2) is 5.42. The summed E-state index contributed by atoms with van der Waals surface area (Å²) in [6.07, 6.45) is 0. The first kappa shape index (κ1) is 12.3. The lowest BCUT2D eigenvalue weighted by molar-refractivity contribution is 0.0926. The summed E-state index contributed by atoms with van der Waals surface area (Å²) < 4.78 is 5.56. The van der Waals surface area contributed by atoms with Gasteiger partial charge in [-0.25, -0.2) is 9.97 Å². The molecular weight excluding hydrogens is 234 g/mol. The number of rotatable bonds is 5. The van der Waals surface area contributed by atoms with Gasteiger partial charge in [-0.05, 0) is 17.4 Å². The summed E-state index contributed by atoms with van der Waals surface area (Å²) in [5.41, 5.74) is 0. The van der Waals surface area contributed by atoms with E-state index < -0.39 is 0 Å². The molecule has 0 fully saturated rings. The number of aromatic nitrogens is 2. The topological polar surface area (TPSA) is 47.0 Å². The molecule has 17 heavy (non-hydrogen) atoms. The van der Waals surface area contributed by atoms with Crippen LogP contribution in [0.5, 0.6) is 0 Å². The summed E-state index contributed by atoms with van der Waals surface area (Å²) >= 11 is 1.62. The number of thiophene rings is 1. The predicted molar refractivity (Wildman–Crippen MR) is 71.5 cm³/mol. The van der Waals surface area contributed by atoms with Crippen LogP contribution in [0.1, 0.15) is 19.7 Å². The third kappa shape index (κ3) is 2.92. The molecule has 0 unspecified atom stereocenters. The SMILES string of the molecule is CNc1nc(COCC(C)C)nc2sccc12. The van der Waals surface area contributed by atoms with Gasteiger partial charge >= 0.3 is 0 Å². The molecule has 0 radical (unpaired) electrons. The molecule has 0 bridgehead atoms. The number of anilines is 1. The summed E-state index contributed by atoms with van der Waals surface area (Å²) in [7, 11) is 1.87. The van der Waals surface area contributed by atoms with Gasteiger partial charge in [-0.15, -0.1) is 11.3 Å². The zero-order valence-electron chi connectivity index (χ0n) is 10.4. The summed E-state index contributed by atoms with van der Waals surface area (Å²) in [6, 6.07) is 2.03. The van der Waals surface area contributed by atoms with Gasteiger partial charge in [0.1, 0.15) is 17.3 Å². The van der Waals surface area contributed by atoms with Crippen molar-refractivity contribution in [2.45, 2.75) is 20.5 Å². The van der Waals surface area contributed by atoms with E-state index in [0.29, 0.717) is 12.5 Å². The van der Waals surface area contributed by atoms with E-state index in [2.05, 4.69) is 29.1 Å². The van der Waals surface area contributed by atoms with Crippen molar-refractivity contribution in [2.75, 3.05) is 19.0 Å². The zero-order valence-corrected chi connectivity index (χ0v) is 11.2. The molecule has 2 aromatic rings. The van der Waals surface area contributed by atoms with E-state index in [1.165, 1.54) is 0 Å². The van der Waals surface area contributed by atoms with Crippen LogP contribution < -0.4 is 5.32 Å². The normalized spacial score (nSPS) is 11.3. The molecule has 2 aromatic heterocycles. The monoisotopic (exact) mass is 251 g/mol. The first-order valence-corrected chi connectivity index (χ1v) is 6.58. The van der Waals surface area contributed by atoms with Crippen molar-refractivity contribution in [3.63, 3.8) is 0 Å². The van der Waals surface area contributed by atoms with E-state index in [1.807, 2.05) is 18.5 Å². The van der Waals surface area contributed by atoms with Crippen molar-refractivity contribution in [3.05, 3.63) is 17.3 Å². The van der Waals surface area contributed by atoms with Gasteiger partial charge in [-0.3, -0.25) is 0 Å². The molecule has 2 rings (SSSR count). The first-order chi connectivity index (χ1) is 8.20. The minimum Gasteiger partial charge on any atom is -0.373 e. The molecule has 92 valence electrons. The number of hydrogen-bond acceptors (Lipinski definition) is 5. The Morgan fingerprint density at radius 1 is 1.41 bits per heavy atom. The number of hydrogen-bond donors (Lipinski definition) is 1. The zero-order chi connectivity index (χ0) is 12.3. The minimum atomic E-state index is 0.473. The highest BCUT2D eigenvalue weighted by Crippen LogP contribution is 2.24. The van der Waals surface area contributed by atoms with Crippen LogP contribution in [0.15, 0.2) is 11.4 Å². The summed E-state index contributed by atoms with van der Waals surface area (Å²) in [5.74, 6) is 2.15. The van der Waals surface area contributed by atoms with Gasteiger partial charge in [0.2, 0.25) is 0 Å². The van der Waals surface area contributed by atoms with Gasteiger partial charge in [0.15, 0.2) is 5.82 Å². The Kier molecular flexibility index (Phi) is 3.91. The van der Waals surface area contributed by atoms with Gasteiger partial charge in [-0.2, -0.15) is 0 Å². The van der Waals surface area contributed by atoms with Crippen LogP contribution in [0.2, 0.25) is 0 Å². The van der Waals surface area contributed by atoms with Crippen LogP contribution >= 0.6 is 11.3 Å². The first-order valence-electron chi connectivity index (χ1n) is 5.70. The average Bonchev–Trinajstić information content (AvgIpc) is 2.75. The highest BCUT2D eigenvalue weighted by atomic mass is 32.1. The quantitative estimate of drug-likeness (QED) is 0.887. The predicted octanol–water partition coefficient (Wildman–Crippen LogP) is 2.91. The second-order valence-electron chi connectivity index (χ2n) is 4.29. The van der Waals surface area contributed by atoms with E-state index in [4.69, 9.17) is 4.74 Å². The van der Waals surface area contributed by atoms with Gasteiger partial charge in [0, 0.05) is 13.7 Å². The van der Waals surface area contributed by atoms with Gasteiger partial charge < -0.3 is 10.1 Å². The largest absolute Gasteiger partial charge is 0.373 e. The van der Waals surface area contributed by atoms with Crippen LogP contribution in [-0.4, -0.2) is 23.6 Å². The molecule has 4 nitrogen and oxygen atoms in total.